The summed E-state index contributed by atoms with van der Waals surface area (Å²) in [6, 6.07) is 7.92. The summed E-state index contributed by atoms with van der Waals surface area (Å²) in [5.41, 5.74) is 1.12. The van der Waals surface area contributed by atoms with Crippen LogP contribution in [0.4, 0.5) is 0 Å². The van der Waals surface area contributed by atoms with Crippen LogP contribution in [0.5, 0.6) is 0 Å². The average Bonchev–Trinajstić information content (AvgIpc) is 2.88. The number of carbonyl (C=O) groups is 2. The normalized spacial score (nSPS) is 22.6. The minimum atomic E-state index is -0.804. The largest absolute Gasteiger partial charge is 0.481 e. The predicted octanol–water partition coefficient (Wildman–Crippen LogP) is 3.20. The summed E-state index contributed by atoms with van der Waals surface area (Å²) >= 11 is 3.52. The molecule has 3 atom stereocenters. The molecule has 0 aliphatic carbocycles. The van der Waals surface area contributed by atoms with Gasteiger partial charge in [0, 0.05) is 23.5 Å². The number of halogens is 1. The van der Waals surface area contributed by atoms with Gasteiger partial charge in [-0.05, 0) is 30.4 Å². The fourth-order valence-electron chi connectivity index (χ4n) is 3.06. The molecule has 1 aromatic rings. The number of nitrogens with zero attached hydrogens (tertiary/aromatic N) is 1. The SMILES string of the molecule is CCC(Cc1ccccc1Br)C(=O)N1C[C@@H](C)[C@H](C(=O)O)C1. The van der Waals surface area contributed by atoms with Gasteiger partial charge in [0.15, 0.2) is 0 Å². The maximum atomic E-state index is 12.7. The summed E-state index contributed by atoms with van der Waals surface area (Å²) in [6.07, 6.45) is 1.43. The van der Waals surface area contributed by atoms with Crippen LogP contribution in [-0.2, 0) is 16.0 Å². The Morgan fingerprint density at radius 1 is 1.36 bits per heavy atom. The highest BCUT2D eigenvalue weighted by atomic mass is 79.9. The van der Waals surface area contributed by atoms with Gasteiger partial charge in [0.05, 0.1) is 5.92 Å². The monoisotopic (exact) mass is 367 g/mol. The molecule has 1 unspecified atom stereocenters. The predicted molar refractivity (Wildman–Crippen MR) is 88.5 cm³/mol. The number of carboxylic acids is 1. The number of carbonyl (C=O) groups excluding carboxylic acids is 1. The molecule has 1 amide bonds. The van der Waals surface area contributed by atoms with Crippen molar-refractivity contribution < 1.29 is 14.7 Å². The third-order valence-electron chi connectivity index (χ3n) is 4.51. The zero-order valence-corrected chi connectivity index (χ0v) is 14.5. The second-order valence-electron chi connectivity index (χ2n) is 6.07. The number of likely N-dealkylation sites (tertiary alicyclic amines) is 1. The zero-order chi connectivity index (χ0) is 16.3. The first-order chi connectivity index (χ1) is 10.4. The number of benzene rings is 1. The number of carboxylic acid groups (broad SMARTS) is 1. The van der Waals surface area contributed by atoms with E-state index in [1.54, 1.807) is 4.90 Å². The number of aliphatic carboxylic acids is 1. The summed E-state index contributed by atoms with van der Waals surface area (Å²) in [7, 11) is 0. The van der Waals surface area contributed by atoms with Gasteiger partial charge in [0.2, 0.25) is 5.91 Å². The molecular weight excluding hydrogens is 346 g/mol. The van der Waals surface area contributed by atoms with Crippen LogP contribution in [0.25, 0.3) is 0 Å². The second kappa shape index (κ2) is 7.27. The molecule has 1 aliphatic heterocycles. The molecule has 1 aliphatic rings. The van der Waals surface area contributed by atoms with E-state index >= 15 is 0 Å². The van der Waals surface area contributed by atoms with Gasteiger partial charge in [0.1, 0.15) is 0 Å². The van der Waals surface area contributed by atoms with Crippen molar-refractivity contribution in [1.29, 1.82) is 0 Å². The van der Waals surface area contributed by atoms with Crippen LogP contribution in [0.15, 0.2) is 28.7 Å². The Hall–Kier alpha value is -1.36. The molecule has 1 aromatic carbocycles. The summed E-state index contributed by atoms with van der Waals surface area (Å²) in [6.45, 7) is 4.79. The van der Waals surface area contributed by atoms with Crippen molar-refractivity contribution in [1.82, 2.24) is 4.90 Å². The van der Waals surface area contributed by atoms with Crippen molar-refractivity contribution in [2.75, 3.05) is 13.1 Å². The standard InChI is InChI=1S/C17H22BrNO3/c1-3-12(8-13-6-4-5-7-15(13)18)16(20)19-9-11(2)14(10-19)17(21)22/h4-7,11-12,14H,3,8-10H2,1-2H3,(H,21,22)/t11-,12?,14-/m1/s1. The molecule has 2 rings (SSSR count). The molecular formula is C17H22BrNO3. The van der Waals surface area contributed by atoms with Gasteiger partial charge in [-0.25, -0.2) is 0 Å². The maximum Gasteiger partial charge on any atom is 0.308 e. The Balaban J connectivity index is 2.07. The van der Waals surface area contributed by atoms with Crippen molar-refractivity contribution >= 4 is 27.8 Å². The number of amides is 1. The molecule has 120 valence electrons. The summed E-state index contributed by atoms with van der Waals surface area (Å²) in [4.78, 5) is 25.7. The topological polar surface area (TPSA) is 57.6 Å². The Kier molecular flexibility index (Phi) is 5.62. The molecule has 0 saturated carbocycles. The lowest BCUT2D eigenvalue weighted by molar-refractivity contribution is -0.142. The first-order valence-corrected chi connectivity index (χ1v) is 8.48. The van der Waals surface area contributed by atoms with Crippen LogP contribution in [0.2, 0.25) is 0 Å². The molecule has 1 N–H and O–H groups in total. The van der Waals surface area contributed by atoms with Gasteiger partial charge in [-0.1, -0.05) is 48.0 Å². The maximum absolute atomic E-state index is 12.7. The zero-order valence-electron chi connectivity index (χ0n) is 13.0. The fraction of sp³-hybridized carbons (Fsp3) is 0.529. The summed E-state index contributed by atoms with van der Waals surface area (Å²) in [5.74, 6) is -1.25. The highest BCUT2D eigenvalue weighted by Crippen LogP contribution is 2.27. The molecule has 1 heterocycles. The van der Waals surface area contributed by atoms with E-state index in [1.807, 2.05) is 38.1 Å². The molecule has 4 nitrogen and oxygen atoms in total. The molecule has 1 saturated heterocycles. The Labute approximate surface area is 139 Å². The number of hydrogen-bond donors (Lipinski definition) is 1. The lowest BCUT2D eigenvalue weighted by atomic mass is 9.95. The lowest BCUT2D eigenvalue weighted by Crippen LogP contribution is -2.36. The van der Waals surface area contributed by atoms with E-state index in [2.05, 4.69) is 15.9 Å². The van der Waals surface area contributed by atoms with Gasteiger partial charge < -0.3 is 10.0 Å². The summed E-state index contributed by atoms with van der Waals surface area (Å²) in [5, 5.41) is 9.21. The van der Waals surface area contributed by atoms with Crippen molar-refractivity contribution in [2.24, 2.45) is 17.8 Å². The van der Waals surface area contributed by atoms with Crippen molar-refractivity contribution in [3.05, 3.63) is 34.3 Å². The Morgan fingerprint density at radius 2 is 2.05 bits per heavy atom. The minimum Gasteiger partial charge on any atom is -0.481 e. The molecule has 22 heavy (non-hydrogen) atoms. The highest BCUT2D eigenvalue weighted by molar-refractivity contribution is 9.10. The molecule has 5 heteroatoms. The van der Waals surface area contributed by atoms with Crippen molar-refractivity contribution in [3.8, 4) is 0 Å². The van der Waals surface area contributed by atoms with Crippen molar-refractivity contribution in [3.63, 3.8) is 0 Å². The lowest BCUT2D eigenvalue weighted by Gasteiger charge is -2.23. The van der Waals surface area contributed by atoms with Gasteiger partial charge >= 0.3 is 5.97 Å². The van der Waals surface area contributed by atoms with Crippen molar-refractivity contribution in [2.45, 2.75) is 26.7 Å². The number of rotatable bonds is 5. The summed E-state index contributed by atoms with van der Waals surface area (Å²) < 4.78 is 1.01. The van der Waals surface area contributed by atoms with Gasteiger partial charge in [-0.2, -0.15) is 0 Å². The van der Waals surface area contributed by atoms with Crippen LogP contribution >= 0.6 is 15.9 Å². The second-order valence-corrected chi connectivity index (χ2v) is 6.92. The van der Waals surface area contributed by atoms with Gasteiger partial charge in [0.25, 0.3) is 0 Å². The van der Waals surface area contributed by atoms with E-state index in [0.717, 1.165) is 16.5 Å². The first-order valence-electron chi connectivity index (χ1n) is 7.69. The minimum absolute atomic E-state index is 0.0161. The van der Waals surface area contributed by atoms with E-state index in [0.29, 0.717) is 19.5 Å². The number of hydrogen-bond acceptors (Lipinski definition) is 2. The smallest absolute Gasteiger partial charge is 0.308 e. The van der Waals surface area contributed by atoms with E-state index < -0.39 is 11.9 Å². The molecule has 0 spiro atoms. The molecule has 0 bridgehead atoms. The quantitative estimate of drug-likeness (QED) is 0.869. The van der Waals surface area contributed by atoms with Crippen LogP contribution in [0.1, 0.15) is 25.8 Å². The molecule has 0 radical (unpaired) electrons. The fourth-order valence-corrected chi connectivity index (χ4v) is 3.51. The Morgan fingerprint density at radius 3 is 2.59 bits per heavy atom. The van der Waals surface area contributed by atoms with Gasteiger partial charge in [-0.15, -0.1) is 0 Å². The molecule has 1 fully saturated rings. The van der Waals surface area contributed by atoms with E-state index in [-0.39, 0.29) is 17.7 Å². The van der Waals surface area contributed by atoms with Crippen LogP contribution in [-0.4, -0.2) is 35.0 Å². The first kappa shape index (κ1) is 17.0. The third-order valence-corrected chi connectivity index (χ3v) is 5.28. The highest BCUT2D eigenvalue weighted by Gasteiger charge is 2.38. The van der Waals surface area contributed by atoms with Crippen LogP contribution < -0.4 is 0 Å². The van der Waals surface area contributed by atoms with E-state index in [9.17, 15) is 14.7 Å². The van der Waals surface area contributed by atoms with Crippen LogP contribution in [0, 0.1) is 17.8 Å². The van der Waals surface area contributed by atoms with E-state index in [4.69, 9.17) is 0 Å². The van der Waals surface area contributed by atoms with Gasteiger partial charge in [-0.3, -0.25) is 9.59 Å². The third kappa shape index (κ3) is 3.69. The van der Waals surface area contributed by atoms with Crippen LogP contribution in [0.3, 0.4) is 0 Å². The average molecular weight is 368 g/mol. The Bertz CT molecular complexity index is 561. The van der Waals surface area contributed by atoms with E-state index in [1.165, 1.54) is 0 Å². The molecule has 0 aromatic heterocycles.